The zero-order chi connectivity index (χ0) is 16.9. The van der Waals surface area contributed by atoms with Gasteiger partial charge in [-0.1, -0.05) is 17.4 Å². The van der Waals surface area contributed by atoms with Gasteiger partial charge in [-0.05, 0) is 30.5 Å². The number of methoxy groups -OCH3 is 2. The fourth-order valence-electron chi connectivity index (χ4n) is 2.51. The molecule has 0 unspecified atom stereocenters. The molecule has 2 heterocycles. The number of anilines is 1. The Morgan fingerprint density at radius 2 is 2.17 bits per heavy atom. The summed E-state index contributed by atoms with van der Waals surface area (Å²) in [6.07, 6.45) is 1.90. The van der Waals surface area contributed by atoms with Crippen LogP contribution in [0.2, 0.25) is 0 Å². The fourth-order valence-corrected chi connectivity index (χ4v) is 3.29. The van der Waals surface area contributed by atoms with Crippen LogP contribution >= 0.6 is 11.3 Å². The molecule has 0 bridgehead atoms. The zero-order valence-electron chi connectivity index (χ0n) is 13.6. The lowest BCUT2D eigenvalue weighted by atomic mass is 10.1. The van der Waals surface area contributed by atoms with Gasteiger partial charge < -0.3 is 14.2 Å². The Kier molecular flexibility index (Phi) is 5.27. The molecule has 7 nitrogen and oxygen atoms in total. The van der Waals surface area contributed by atoms with Crippen LogP contribution < -0.4 is 14.8 Å². The molecule has 1 aromatic carbocycles. The lowest BCUT2D eigenvalue weighted by molar-refractivity contribution is -0.124. The monoisotopic (exact) mass is 349 g/mol. The molecule has 128 valence electrons. The van der Waals surface area contributed by atoms with Crippen molar-refractivity contribution < 1.29 is 19.0 Å². The van der Waals surface area contributed by atoms with Gasteiger partial charge in [0, 0.05) is 13.0 Å². The Hall–Kier alpha value is -2.19. The summed E-state index contributed by atoms with van der Waals surface area (Å²) in [5.74, 6) is 1.20. The van der Waals surface area contributed by atoms with Gasteiger partial charge in [-0.3, -0.25) is 10.1 Å². The first-order valence-corrected chi connectivity index (χ1v) is 8.47. The highest BCUT2D eigenvalue weighted by atomic mass is 32.1. The Labute approximate surface area is 144 Å². The molecule has 0 spiro atoms. The summed E-state index contributed by atoms with van der Waals surface area (Å²) in [4.78, 5) is 12.0. The molecule has 1 saturated heterocycles. The molecule has 1 aromatic heterocycles. The molecule has 1 fully saturated rings. The van der Waals surface area contributed by atoms with Crippen molar-refractivity contribution in [1.29, 1.82) is 0 Å². The Morgan fingerprint density at radius 1 is 1.33 bits per heavy atom. The molecule has 0 radical (unpaired) electrons. The molecule has 2 aromatic rings. The van der Waals surface area contributed by atoms with Crippen molar-refractivity contribution in [2.24, 2.45) is 0 Å². The third-order valence-corrected chi connectivity index (χ3v) is 4.56. The number of nitrogens with one attached hydrogen (secondary N) is 1. The van der Waals surface area contributed by atoms with Crippen molar-refractivity contribution in [3.05, 3.63) is 28.8 Å². The summed E-state index contributed by atoms with van der Waals surface area (Å²) in [5.41, 5.74) is 1.03. The van der Waals surface area contributed by atoms with Gasteiger partial charge in [0.1, 0.15) is 11.1 Å². The van der Waals surface area contributed by atoms with E-state index in [9.17, 15) is 4.79 Å². The third-order valence-electron chi connectivity index (χ3n) is 3.72. The van der Waals surface area contributed by atoms with Gasteiger partial charge in [-0.25, -0.2) is 0 Å². The average molecular weight is 349 g/mol. The predicted octanol–water partition coefficient (Wildman–Crippen LogP) is 2.26. The van der Waals surface area contributed by atoms with Crippen molar-refractivity contribution >= 4 is 22.4 Å². The summed E-state index contributed by atoms with van der Waals surface area (Å²) in [5, 5.41) is 12.2. The van der Waals surface area contributed by atoms with Crippen LogP contribution in [-0.2, 0) is 16.0 Å². The number of ether oxygens (including phenoxy) is 3. The highest BCUT2D eigenvalue weighted by Gasteiger charge is 2.24. The minimum atomic E-state index is -0.372. The molecule has 3 rings (SSSR count). The number of aromatic nitrogens is 2. The van der Waals surface area contributed by atoms with E-state index < -0.39 is 0 Å². The number of nitrogens with zero attached hydrogens (tertiary/aromatic N) is 2. The van der Waals surface area contributed by atoms with E-state index in [1.807, 2.05) is 18.2 Å². The first-order valence-electron chi connectivity index (χ1n) is 7.65. The van der Waals surface area contributed by atoms with Gasteiger partial charge in [0.25, 0.3) is 5.91 Å². The third kappa shape index (κ3) is 3.82. The van der Waals surface area contributed by atoms with Crippen LogP contribution in [0.4, 0.5) is 5.13 Å². The molecule has 0 aliphatic carbocycles. The molecule has 1 atom stereocenters. The van der Waals surface area contributed by atoms with Gasteiger partial charge in [0.2, 0.25) is 5.13 Å². The second kappa shape index (κ2) is 7.59. The molecule has 1 amide bonds. The van der Waals surface area contributed by atoms with Crippen LogP contribution in [0.1, 0.15) is 23.4 Å². The molecule has 0 saturated carbocycles. The highest BCUT2D eigenvalue weighted by molar-refractivity contribution is 7.15. The normalized spacial score (nSPS) is 16.8. The van der Waals surface area contributed by atoms with Crippen LogP contribution in [0, 0.1) is 0 Å². The van der Waals surface area contributed by atoms with Crippen LogP contribution in [0.5, 0.6) is 11.5 Å². The number of rotatable bonds is 6. The summed E-state index contributed by atoms with van der Waals surface area (Å²) in [6.45, 7) is 0.638. The molecule has 1 aliphatic heterocycles. The van der Waals surface area contributed by atoms with Crippen LogP contribution in [0.25, 0.3) is 0 Å². The smallest absolute Gasteiger partial charge is 0.255 e. The van der Waals surface area contributed by atoms with Crippen molar-refractivity contribution in [3.63, 3.8) is 0 Å². The van der Waals surface area contributed by atoms with E-state index in [1.54, 1.807) is 14.2 Å². The van der Waals surface area contributed by atoms with Gasteiger partial charge in [0.05, 0.1) is 14.2 Å². The first kappa shape index (κ1) is 16.7. The van der Waals surface area contributed by atoms with E-state index in [2.05, 4.69) is 15.5 Å². The second-order valence-corrected chi connectivity index (χ2v) is 6.42. The molecular weight excluding hydrogens is 330 g/mol. The lowest BCUT2D eigenvalue weighted by Crippen LogP contribution is -2.26. The molecule has 1 aliphatic rings. The average Bonchev–Trinajstić information content (AvgIpc) is 3.27. The maximum atomic E-state index is 12.0. The van der Waals surface area contributed by atoms with Crippen molar-refractivity contribution in [1.82, 2.24) is 10.2 Å². The highest BCUT2D eigenvalue weighted by Crippen LogP contribution is 2.29. The number of amides is 1. The Morgan fingerprint density at radius 3 is 2.88 bits per heavy atom. The topological polar surface area (TPSA) is 82.6 Å². The SMILES string of the molecule is COc1ccc(Cc2nnc(NC(=O)[C@H]3CCCO3)s2)cc1OC. The lowest BCUT2D eigenvalue weighted by Gasteiger charge is -2.08. The molecule has 8 heteroatoms. The second-order valence-electron chi connectivity index (χ2n) is 5.36. The van der Waals surface area contributed by atoms with Crippen LogP contribution in [-0.4, -0.2) is 43.0 Å². The summed E-state index contributed by atoms with van der Waals surface area (Å²) < 4.78 is 15.9. The maximum Gasteiger partial charge on any atom is 0.255 e. The number of hydrogen-bond acceptors (Lipinski definition) is 7. The summed E-state index contributed by atoms with van der Waals surface area (Å²) >= 11 is 1.36. The molecular formula is C16H19N3O4S. The Balaban J connectivity index is 1.64. The van der Waals surface area contributed by atoms with Gasteiger partial charge in [-0.2, -0.15) is 0 Å². The first-order chi connectivity index (χ1) is 11.7. The fraction of sp³-hybridized carbons (Fsp3) is 0.438. The van der Waals surface area contributed by atoms with Crippen molar-refractivity contribution in [3.8, 4) is 11.5 Å². The van der Waals surface area contributed by atoms with Gasteiger partial charge in [-0.15, -0.1) is 10.2 Å². The van der Waals surface area contributed by atoms with Crippen LogP contribution in [0.15, 0.2) is 18.2 Å². The standard InChI is InChI=1S/C16H19N3O4S/c1-21-11-6-5-10(8-13(11)22-2)9-14-18-19-16(24-14)17-15(20)12-4-3-7-23-12/h5-6,8,12H,3-4,7,9H2,1-2H3,(H,17,19,20)/t12-/m1/s1. The van der Waals surface area contributed by atoms with Gasteiger partial charge in [0.15, 0.2) is 11.5 Å². The van der Waals surface area contributed by atoms with Crippen molar-refractivity contribution in [2.45, 2.75) is 25.4 Å². The molecule has 1 N–H and O–H groups in total. The number of carbonyl (C=O) groups is 1. The number of benzene rings is 1. The largest absolute Gasteiger partial charge is 0.493 e. The predicted molar refractivity (Wildman–Crippen MR) is 89.9 cm³/mol. The minimum absolute atomic E-state index is 0.152. The molecule has 24 heavy (non-hydrogen) atoms. The number of carbonyl (C=O) groups excluding carboxylic acids is 1. The number of hydrogen-bond donors (Lipinski definition) is 1. The van der Waals surface area contributed by atoms with Crippen molar-refractivity contribution in [2.75, 3.05) is 26.1 Å². The van der Waals surface area contributed by atoms with Crippen LogP contribution in [0.3, 0.4) is 0 Å². The quantitative estimate of drug-likeness (QED) is 0.861. The van der Waals surface area contributed by atoms with E-state index in [1.165, 1.54) is 11.3 Å². The van der Waals surface area contributed by atoms with E-state index >= 15 is 0 Å². The zero-order valence-corrected chi connectivity index (χ0v) is 14.4. The van der Waals surface area contributed by atoms with Gasteiger partial charge >= 0.3 is 0 Å². The maximum absolute atomic E-state index is 12.0. The summed E-state index contributed by atoms with van der Waals surface area (Å²) in [7, 11) is 3.20. The van der Waals surface area contributed by atoms with E-state index in [0.29, 0.717) is 29.7 Å². The van der Waals surface area contributed by atoms with E-state index in [-0.39, 0.29) is 12.0 Å². The van der Waals surface area contributed by atoms with E-state index in [0.717, 1.165) is 23.4 Å². The summed E-state index contributed by atoms with van der Waals surface area (Å²) in [6, 6.07) is 5.72. The van der Waals surface area contributed by atoms with E-state index in [4.69, 9.17) is 14.2 Å². The Bertz CT molecular complexity index is 713. The minimum Gasteiger partial charge on any atom is -0.493 e.